The third-order valence-corrected chi connectivity index (χ3v) is 3.66. The molecule has 1 aromatic rings. The van der Waals surface area contributed by atoms with Crippen LogP contribution in [0.4, 0.5) is 0 Å². The molecule has 0 unspecified atom stereocenters. The largest absolute Gasteiger partial charge is 0.459 e. The van der Waals surface area contributed by atoms with Gasteiger partial charge in [0, 0.05) is 4.90 Å². The van der Waals surface area contributed by atoms with Gasteiger partial charge in [0.05, 0.1) is 11.3 Å². The van der Waals surface area contributed by atoms with Crippen molar-refractivity contribution >= 4 is 29.7 Å². The highest BCUT2D eigenvalue weighted by Gasteiger charge is 2.21. The average Bonchev–Trinajstić information content (AvgIpc) is 2.47. The monoisotopic (exact) mass is 382 g/mol. The third kappa shape index (κ3) is 8.89. The van der Waals surface area contributed by atoms with Crippen molar-refractivity contribution in [1.29, 1.82) is 0 Å². The van der Waals surface area contributed by atoms with Crippen LogP contribution < -0.4 is 0 Å². The first-order chi connectivity index (χ1) is 11.9. The van der Waals surface area contributed by atoms with Crippen LogP contribution in [0.2, 0.25) is 0 Å². The lowest BCUT2D eigenvalue weighted by Gasteiger charge is -2.19. The van der Waals surface area contributed by atoms with Gasteiger partial charge in [0.25, 0.3) is 0 Å². The number of carbonyl (C=O) groups is 3. The van der Waals surface area contributed by atoms with E-state index in [1.807, 2.05) is 0 Å². The summed E-state index contributed by atoms with van der Waals surface area (Å²) in [5.74, 6) is -1.58. The Balaban J connectivity index is 2.66. The summed E-state index contributed by atoms with van der Waals surface area (Å²) in [6, 6.07) is 6.72. The first kappa shape index (κ1) is 22.0. The predicted octanol–water partition coefficient (Wildman–Crippen LogP) is 3.62. The van der Waals surface area contributed by atoms with Crippen LogP contribution in [0, 0.1) is 0 Å². The number of hydrogen-bond donors (Lipinski definition) is 0. The van der Waals surface area contributed by atoms with Crippen LogP contribution in [0.1, 0.15) is 51.9 Å². The van der Waals surface area contributed by atoms with Gasteiger partial charge in [0.15, 0.2) is 6.61 Å². The molecule has 0 spiro atoms. The summed E-state index contributed by atoms with van der Waals surface area (Å²) in [6.07, 6.45) is 0. The summed E-state index contributed by atoms with van der Waals surface area (Å²) in [5.41, 5.74) is -0.932. The van der Waals surface area contributed by atoms with Crippen LogP contribution in [0.5, 0.6) is 0 Å². The number of esters is 3. The van der Waals surface area contributed by atoms with Crippen LogP contribution in [-0.2, 0) is 23.8 Å². The third-order valence-electron chi connectivity index (χ3n) is 2.61. The van der Waals surface area contributed by atoms with Gasteiger partial charge in [-0.3, -0.25) is 4.79 Å². The lowest BCUT2D eigenvalue weighted by atomic mass is 10.2. The Hall–Kier alpha value is -2.02. The lowest BCUT2D eigenvalue weighted by Crippen LogP contribution is -2.27. The molecule has 0 aliphatic rings. The zero-order valence-electron chi connectivity index (χ0n) is 16.1. The Bertz CT molecular complexity index is 655. The highest BCUT2D eigenvalue weighted by atomic mass is 32.2. The van der Waals surface area contributed by atoms with E-state index in [0.29, 0.717) is 4.90 Å². The topological polar surface area (TPSA) is 78.9 Å². The molecule has 0 aromatic heterocycles. The molecule has 0 aliphatic heterocycles. The average molecular weight is 382 g/mol. The highest BCUT2D eigenvalue weighted by Crippen LogP contribution is 2.24. The summed E-state index contributed by atoms with van der Waals surface area (Å²) in [4.78, 5) is 36.3. The van der Waals surface area contributed by atoms with E-state index < -0.39 is 29.7 Å². The van der Waals surface area contributed by atoms with Crippen molar-refractivity contribution in [2.45, 2.75) is 57.6 Å². The van der Waals surface area contributed by atoms with Crippen molar-refractivity contribution in [3.05, 3.63) is 29.8 Å². The molecule has 144 valence electrons. The molecule has 0 saturated heterocycles. The fourth-order valence-electron chi connectivity index (χ4n) is 1.84. The van der Waals surface area contributed by atoms with Crippen LogP contribution >= 0.6 is 11.8 Å². The van der Waals surface area contributed by atoms with Gasteiger partial charge in [-0.25, -0.2) is 9.59 Å². The summed E-state index contributed by atoms with van der Waals surface area (Å²) >= 11 is 1.18. The maximum Gasteiger partial charge on any atom is 0.344 e. The van der Waals surface area contributed by atoms with E-state index in [1.165, 1.54) is 11.8 Å². The summed E-state index contributed by atoms with van der Waals surface area (Å²) in [7, 11) is 0. The van der Waals surface area contributed by atoms with E-state index in [9.17, 15) is 14.4 Å². The number of rotatable bonds is 6. The van der Waals surface area contributed by atoms with Crippen molar-refractivity contribution in [3.63, 3.8) is 0 Å². The first-order valence-corrected chi connectivity index (χ1v) is 9.18. The lowest BCUT2D eigenvalue weighted by molar-refractivity contribution is -0.158. The maximum absolute atomic E-state index is 12.2. The molecule has 0 radical (unpaired) electrons. The van der Waals surface area contributed by atoms with E-state index in [4.69, 9.17) is 14.2 Å². The first-order valence-electron chi connectivity index (χ1n) is 8.20. The van der Waals surface area contributed by atoms with Crippen molar-refractivity contribution in [1.82, 2.24) is 0 Å². The van der Waals surface area contributed by atoms with Gasteiger partial charge < -0.3 is 14.2 Å². The van der Waals surface area contributed by atoms with Gasteiger partial charge in [-0.05, 0) is 53.7 Å². The van der Waals surface area contributed by atoms with Crippen LogP contribution in [-0.4, -0.2) is 41.5 Å². The molecule has 6 nitrogen and oxygen atoms in total. The van der Waals surface area contributed by atoms with Crippen molar-refractivity contribution in [3.8, 4) is 0 Å². The van der Waals surface area contributed by atoms with Crippen LogP contribution in [0.25, 0.3) is 0 Å². The van der Waals surface area contributed by atoms with E-state index in [0.717, 1.165) is 0 Å². The Kier molecular flexibility index (Phi) is 7.68. The second-order valence-electron chi connectivity index (χ2n) is 7.53. The molecule has 26 heavy (non-hydrogen) atoms. The van der Waals surface area contributed by atoms with E-state index in [1.54, 1.807) is 65.8 Å². The smallest absolute Gasteiger partial charge is 0.344 e. The van der Waals surface area contributed by atoms with Gasteiger partial charge in [-0.2, -0.15) is 0 Å². The molecule has 0 N–H and O–H groups in total. The Labute approximate surface area is 158 Å². The molecule has 7 heteroatoms. The number of thioether (sulfide) groups is 1. The van der Waals surface area contributed by atoms with Gasteiger partial charge >= 0.3 is 17.9 Å². The van der Waals surface area contributed by atoms with E-state index in [-0.39, 0.29) is 17.3 Å². The maximum atomic E-state index is 12.2. The molecule has 0 amide bonds. The molecule has 0 fully saturated rings. The normalized spacial score (nSPS) is 11.6. The molecule has 0 atom stereocenters. The molecule has 0 aliphatic carbocycles. The van der Waals surface area contributed by atoms with Crippen molar-refractivity contribution in [2.24, 2.45) is 0 Å². The van der Waals surface area contributed by atoms with Gasteiger partial charge in [-0.1, -0.05) is 12.1 Å². The molecular formula is C19H26O6S. The number of hydrogen-bond acceptors (Lipinski definition) is 7. The Morgan fingerprint density at radius 3 is 2.00 bits per heavy atom. The van der Waals surface area contributed by atoms with Gasteiger partial charge in [-0.15, -0.1) is 11.8 Å². The summed E-state index contributed by atoms with van der Waals surface area (Å²) in [6.45, 7) is 10.1. The number of benzene rings is 1. The molecular weight excluding hydrogens is 356 g/mol. The Morgan fingerprint density at radius 1 is 0.885 bits per heavy atom. The van der Waals surface area contributed by atoms with Gasteiger partial charge in [0.1, 0.15) is 11.2 Å². The molecule has 1 rings (SSSR count). The number of ether oxygens (including phenoxy) is 3. The minimum absolute atomic E-state index is 0.0631. The Morgan fingerprint density at radius 2 is 1.42 bits per heavy atom. The van der Waals surface area contributed by atoms with Crippen LogP contribution in [0.15, 0.2) is 29.2 Å². The zero-order valence-corrected chi connectivity index (χ0v) is 16.9. The minimum atomic E-state index is -0.650. The van der Waals surface area contributed by atoms with E-state index in [2.05, 4.69) is 0 Å². The standard InChI is InChI=1S/C19H26O6S/c1-18(2,3)24-15(20)11-23-17(22)13-9-7-8-10-14(13)26-12-16(21)25-19(4,5)6/h7-10H,11-12H2,1-6H3. The van der Waals surface area contributed by atoms with E-state index >= 15 is 0 Å². The summed E-state index contributed by atoms with van der Waals surface area (Å²) in [5, 5.41) is 0. The second-order valence-corrected chi connectivity index (χ2v) is 8.55. The van der Waals surface area contributed by atoms with Crippen molar-refractivity contribution in [2.75, 3.05) is 12.4 Å². The zero-order chi connectivity index (χ0) is 20.0. The second kappa shape index (κ2) is 9.07. The SMILES string of the molecule is CC(C)(C)OC(=O)COC(=O)c1ccccc1SCC(=O)OC(C)(C)C. The quantitative estimate of drug-likeness (QED) is 0.422. The fraction of sp³-hybridized carbons (Fsp3) is 0.526. The predicted molar refractivity (Wildman–Crippen MR) is 99.1 cm³/mol. The minimum Gasteiger partial charge on any atom is -0.459 e. The summed E-state index contributed by atoms with van der Waals surface area (Å²) < 4.78 is 15.4. The molecule has 0 saturated carbocycles. The molecule has 1 aromatic carbocycles. The molecule has 0 bridgehead atoms. The van der Waals surface area contributed by atoms with Crippen LogP contribution in [0.3, 0.4) is 0 Å². The van der Waals surface area contributed by atoms with Gasteiger partial charge in [0.2, 0.25) is 0 Å². The highest BCUT2D eigenvalue weighted by molar-refractivity contribution is 8.00. The molecule has 0 heterocycles. The fourth-order valence-corrected chi connectivity index (χ4v) is 2.66. The van der Waals surface area contributed by atoms with Crippen molar-refractivity contribution < 1.29 is 28.6 Å². The number of carbonyl (C=O) groups excluding carboxylic acids is 3.